The van der Waals surface area contributed by atoms with Gasteiger partial charge < -0.3 is 15.2 Å². The normalized spacial score (nSPS) is 11.8. The molecule has 0 fully saturated rings. The van der Waals surface area contributed by atoms with E-state index in [1.165, 1.54) is 5.56 Å². The molecule has 0 bridgehead atoms. The van der Waals surface area contributed by atoms with Crippen LogP contribution in [0.5, 0.6) is 5.75 Å². The summed E-state index contributed by atoms with van der Waals surface area (Å²) in [4.78, 5) is 11.9. The second-order valence-electron chi connectivity index (χ2n) is 5.75. The highest BCUT2D eigenvalue weighted by molar-refractivity contribution is 5.77. The topological polar surface area (TPSA) is 58.6 Å². The number of hydrogen-bond acceptors (Lipinski definition) is 3. The maximum Gasteiger partial charge on any atom is 0.258 e. The van der Waals surface area contributed by atoms with Crippen LogP contribution >= 0.6 is 0 Å². The van der Waals surface area contributed by atoms with E-state index < -0.39 is 6.10 Å². The van der Waals surface area contributed by atoms with Crippen LogP contribution in [0.15, 0.2) is 42.5 Å². The van der Waals surface area contributed by atoms with Crippen LogP contribution < -0.4 is 10.1 Å². The summed E-state index contributed by atoms with van der Waals surface area (Å²) in [5.41, 5.74) is 3.97. The summed E-state index contributed by atoms with van der Waals surface area (Å²) in [6, 6.07) is 13.3. The average Bonchev–Trinajstić information content (AvgIpc) is 2.52. The summed E-state index contributed by atoms with van der Waals surface area (Å²) in [6.45, 7) is 6.06. The molecule has 0 aromatic heterocycles. The van der Waals surface area contributed by atoms with Crippen molar-refractivity contribution in [1.29, 1.82) is 0 Å². The molecule has 0 aliphatic rings. The fraction of sp³-hybridized carbons (Fsp3) is 0.316. The smallest absolute Gasteiger partial charge is 0.258 e. The standard InChI is InChI=1S/C19H23NO3/c1-13-9-14(2)19(15(3)10-13)23-12-18(22)20-11-17(21)16-7-5-4-6-8-16/h4-10,17,21H,11-12H2,1-3H3,(H,20,22). The molecule has 122 valence electrons. The first kappa shape index (κ1) is 17.0. The largest absolute Gasteiger partial charge is 0.483 e. The Bertz CT molecular complexity index is 645. The minimum Gasteiger partial charge on any atom is -0.483 e. The number of carbonyl (C=O) groups excluding carboxylic acids is 1. The van der Waals surface area contributed by atoms with Crippen molar-refractivity contribution in [2.75, 3.05) is 13.2 Å². The quantitative estimate of drug-likeness (QED) is 0.862. The Morgan fingerprint density at radius 3 is 2.35 bits per heavy atom. The summed E-state index contributed by atoms with van der Waals surface area (Å²) in [7, 11) is 0. The SMILES string of the molecule is Cc1cc(C)c(OCC(=O)NCC(O)c2ccccc2)c(C)c1. The van der Waals surface area contributed by atoms with Gasteiger partial charge in [0.25, 0.3) is 5.91 Å². The molecule has 0 saturated carbocycles. The van der Waals surface area contributed by atoms with Crippen molar-refractivity contribution >= 4 is 5.91 Å². The molecule has 2 aromatic carbocycles. The van der Waals surface area contributed by atoms with Gasteiger partial charge in [-0.1, -0.05) is 48.0 Å². The minimum atomic E-state index is -0.719. The van der Waals surface area contributed by atoms with Crippen LogP contribution in [0.3, 0.4) is 0 Å². The van der Waals surface area contributed by atoms with Crippen molar-refractivity contribution in [3.05, 3.63) is 64.7 Å². The lowest BCUT2D eigenvalue weighted by atomic mass is 10.1. The van der Waals surface area contributed by atoms with Crippen molar-refractivity contribution < 1.29 is 14.6 Å². The molecule has 2 N–H and O–H groups in total. The summed E-state index contributed by atoms with van der Waals surface area (Å²) in [5, 5.41) is 12.7. The number of aliphatic hydroxyl groups is 1. The van der Waals surface area contributed by atoms with Gasteiger partial charge in [-0.05, 0) is 37.5 Å². The highest BCUT2D eigenvalue weighted by atomic mass is 16.5. The van der Waals surface area contributed by atoms with Crippen LogP contribution in [0.1, 0.15) is 28.4 Å². The number of amides is 1. The molecular formula is C19H23NO3. The summed E-state index contributed by atoms with van der Waals surface area (Å²) >= 11 is 0. The molecule has 1 amide bonds. The summed E-state index contributed by atoms with van der Waals surface area (Å²) in [5.74, 6) is 0.494. The fourth-order valence-corrected chi connectivity index (χ4v) is 2.59. The van der Waals surface area contributed by atoms with Crippen LogP contribution in [0.2, 0.25) is 0 Å². The number of rotatable bonds is 6. The van der Waals surface area contributed by atoms with Crippen molar-refractivity contribution in [3.63, 3.8) is 0 Å². The van der Waals surface area contributed by atoms with E-state index in [2.05, 4.69) is 5.32 Å². The molecule has 0 aliphatic heterocycles. The highest BCUT2D eigenvalue weighted by Gasteiger charge is 2.11. The number of hydrogen-bond donors (Lipinski definition) is 2. The van der Waals surface area contributed by atoms with Gasteiger partial charge in [-0.3, -0.25) is 4.79 Å². The molecule has 4 heteroatoms. The van der Waals surface area contributed by atoms with Gasteiger partial charge in [0, 0.05) is 6.54 Å². The first-order valence-electron chi connectivity index (χ1n) is 7.67. The van der Waals surface area contributed by atoms with Gasteiger partial charge in [0.2, 0.25) is 0 Å². The van der Waals surface area contributed by atoms with E-state index in [1.54, 1.807) is 0 Å². The Morgan fingerprint density at radius 2 is 1.74 bits per heavy atom. The first-order valence-corrected chi connectivity index (χ1v) is 7.67. The summed E-state index contributed by atoms with van der Waals surface area (Å²) < 4.78 is 5.63. The van der Waals surface area contributed by atoms with Crippen LogP contribution in [-0.4, -0.2) is 24.2 Å². The van der Waals surface area contributed by atoms with Crippen LogP contribution in [0.4, 0.5) is 0 Å². The third kappa shape index (κ3) is 4.83. The molecular weight excluding hydrogens is 290 g/mol. The van der Waals surface area contributed by atoms with E-state index in [1.807, 2.05) is 63.2 Å². The molecule has 2 aromatic rings. The molecule has 1 atom stereocenters. The number of ether oxygens (including phenoxy) is 1. The Hall–Kier alpha value is -2.33. The zero-order valence-electron chi connectivity index (χ0n) is 13.8. The van der Waals surface area contributed by atoms with Crippen molar-refractivity contribution in [2.24, 2.45) is 0 Å². The molecule has 2 rings (SSSR count). The van der Waals surface area contributed by atoms with Crippen molar-refractivity contribution in [1.82, 2.24) is 5.32 Å². The number of aryl methyl sites for hydroxylation is 3. The lowest BCUT2D eigenvalue weighted by Gasteiger charge is -2.15. The number of aliphatic hydroxyl groups excluding tert-OH is 1. The molecule has 0 radical (unpaired) electrons. The number of nitrogens with one attached hydrogen (secondary N) is 1. The van der Waals surface area contributed by atoms with Gasteiger partial charge in [0.1, 0.15) is 5.75 Å². The van der Waals surface area contributed by atoms with Gasteiger partial charge in [-0.2, -0.15) is 0 Å². The minimum absolute atomic E-state index is 0.0632. The molecule has 0 heterocycles. The second-order valence-corrected chi connectivity index (χ2v) is 5.75. The van der Waals surface area contributed by atoms with Gasteiger partial charge in [-0.15, -0.1) is 0 Å². The monoisotopic (exact) mass is 313 g/mol. The Balaban J connectivity index is 1.84. The van der Waals surface area contributed by atoms with Crippen LogP contribution in [0.25, 0.3) is 0 Å². The predicted octanol–water partition coefficient (Wildman–Crippen LogP) is 2.84. The molecule has 0 spiro atoms. The maximum absolute atomic E-state index is 11.9. The fourth-order valence-electron chi connectivity index (χ4n) is 2.59. The van der Waals surface area contributed by atoms with Gasteiger partial charge >= 0.3 is 0 Å². The zero-order chi connectivity index (χ0) is 16.8. The van der Waals surface area contributed by atoms with Gasteiger partial charge in [-0.25, -0.2) is 0 Å². The van der Waals surface area contributed by atoms with Crippen molar-refractivity contribution in [2.45, 2.75) is 26.9 Å². The van der Waals surface area contributed by atoms with E-state index >= 15 is 0 Å². The number of benzene rings is 2. The zero-order valence-corrected chi connectivity index (χ0v) is 13.8. The van der Waals surface area contributed by atoms with Crippen molar-refractivity contribution in [3.8, 4) is 5.75 Å². The predicted molar refractivity (Wildman–Crippen MR) is 90.6 cm³/mol. The van der Waals surface area contributed by atoms with Crippen LogP contribution in [-0.2, 0) is 4.79 Å². The van der Waals surface area contributed by atoms with Gasteiger partial charge in [0.05, 0.1) is 6.10 Å². The van der Waals surface area contributed by atoms with E-state index in [0.717, 1.165) is 22.4 Å². The van der Waals surface area contributed by atoms with E-state index in [-0.39, 0.29) is 19.1 Å². The number of carbonyl (C=O) groups is 1. The van der Waals surface area contributed by atoms with E-state index in [4.69, 9.17) is 4.74 Å². The molecule has 4 nitrogen and oxygen atoms in total. The van der Waals surface area contributed by atoms with Crippen LogP contribution in [0, 0.1) is 20.8 Å². The third-order valence-corrected chi connectivity index (χ3v) is 3.63. The Labute approximate surface area is 137 Å². The Morgan fingerprint density at radius 1 is 1.13 bits per heavy atom. The Kier molecular flexibility index (Phi) is 5.77. The highest BCUT2D eigenvalue weighted by Crippen LogP contribution is 2.24. The lowest BCUT2D eigenvalue weighted by Crippen LogP contribution is -2.32. The second kappa shape index (κ2) is 7.79. The van der Waals surface area contributed by atoms with Gasteiger partial charge in [0.15, 0.2) is 6.61 Å². The molecule has 0 saturated heterocycles. The molecule has 0 aliphatic carbocycles. The first-order chi connectivity index (χ1) is 11.0. The summed E-state index contributed by atoms with van der Waals surface area (Å²) in [6.07, 6.45) is -0.719. The molecule has 1 unspecified atom stereocenters. The lowest BCUT2D eigenvalue weighted by molar-refractivity contribution is -0.123. The van der Waals surface area contributed by atoms with E-state index in [0.29, 0.717) is 0 Å². The maximum atomic E-state index is 11.9. The average molecular weight is 313 g/mol. The van der Waals surface area contributed by atoms with E-state index in [9.17, 15) is 9.90 Å². The molecule has 23 heavy (non-hydrogen) atoms. The third-order valence-electron chi connectivity index (χ3n) is 3.63.